The molecule has 0 bridgehead atoms. The van der Waals surface area contributed by atoms with E-state index < -0.39 is 5.54 Å². The maximum atomic E-state index is 11.0. The van der Waals surface area contributed by atoms with Gasteiger partial charge in [0.15, 0.2) is 0 Å². The number of carbonyl (C=O) groups is 1. The molecule has 0 spiro atoms. The maximum Gasteiger partial charge on any atom is 0.325 e. The average molecular weight is 237 g/mol. The Morgan fingerprint density at radius 3 is 2.20 bits per heavy atom. The van der Waals surface area contributed by atoms with Crippen LogP contribution in [0.3, 0.4) is 0 Å². The van der Waals surface area contributed by atoms with Crippen molar-refractivity contribution < 1.29 is 9.53 Å². The van der Waals surface area contributed by atoms with Crippen LogP contribution in [0.15, 0.2) is 0 Å². The summed E-state index contributed by atoms with van der Waals surface area (Å²) in [5, 5.41) is 7.32. The highest BCUT2D eigenvalue weighted by Gasteiger charge is 2.22. The molecule has 0 radical (unpaired) electrons. The summed E-state index contributed by atoms with van der Waals surface area (Å²) in [5.41, 5.74) is 4.63. The Kier molecular flexibility index (Phi) is 14.8. The van der Waals surface area contributed by atoms with Crippen molar-refractivity contribution in [3.05, 3.63) is 0 Å². The molecule has 4 nitrogen and oxygen atoms in total. The van der Waals surface area contributed by atoms with Gasteiger partial charge in [0.25, 0.3) is 0 Å². The number of hydrogen-bond donors (Lipinski definition) is 1. The number of rotatable bonds is 4. The summed E-state index contributed by atoms with van der Waals surface area (Å²) in [6.07, 6.45) is 1.93. The van der Waals surface area contributed by atoms with Crippen molar-refractivity contribution in [2.45, 2.75) is 46.1 Å². The minimum Gasteiger partial charge on any atom is -0.464 e. The van der Waals surface area contributed by atoms with Gasteiger partial charge in [0, 0.05) is 6.92 Å². The molecule has 0 unspecified atom stereocenters. The van der Waals surface area contributed by atoms with Gasteiger partial charge in [-0.05, 0) is 20.3 Å². The second-order valence-electron chi connectivity index (χ2n) is 3.43. The van der Waals surface area contributed by atoms with Crippen molar-refractivity contribution in [1.82, 2.24) is 0 Å². The van der Waals surface area contributed by atoms with E-state index >= 15 is 0 Å². The standard InChI is InChI=1S/C8H17NO2.C2H3N.ClH/c1-4-5-6-11-7(10)8(2,3)9;1-2-3;/h4-6,9H2,1-3H3;1H3;1H. The number of hydrogen-bond acceptors (Lipinski definition) is 4. The molecule has 0 aromatic heterocycles. The van der Waals surface area contributed by atoms with E-state index in [0.717, 1.165) is 12.8 Å². The molecule has 0 heterocycles. The van der Waals surface area contributed by atoms with Crippen LogP contribution in [0.1, 0.15) is 40.5 Å². The fourth-order valence-corrected chi connectivity index (χ4v) is 0.495. The number of unbranched alkanes of at least 4 members (excludes halogenated alkanes) is 1. The number of carbonyl (C=O) groups excluding carboxylic acids is 1. The Bertz CT molecular complexity index is 195. The molecule has 0 aliphatic rings. The van der Waals surface area contributed by atoms with Gasteiger partial charge in [-0.3, -0.25) is 4.79 Å². The highest BCUT2D eigenvalue weighted by molar-refractivity contribution is 5.85. The summed E-state index contributed by atoms with van der Waals surface area (Å²) in [5.74, 6) is -0.328. The van der Waals surface area contributed by atoms with E-state index in [1.54, 1.807) is 19.9 Å². The average Bonchev–Trinajstić information content (AvgIpc) is 2.04. The highest BCUT2D eigenvalue weighted by atomic mass is 35.5. The molecule has 0 aliphatic heterocycles. The highest BCUT2D eigenvalue weighted by Crippen LogP contribution is 2.00. The van der Waals surface area contributed by atoms with Gasteiger partial charge in [0.05, 0.1) is 12.7 Å². The summed E-state index contributed by atoms with van der Waals surface area (Å²) in [4.78, 5) is 11.0. The first-order valence-electron chi connectivity index (χ1n) is 4.67. The predicted molar refractivity (Wildman–Crippen MR) is 62.7 cm³/mol. The van der Waals surface area contributed by atoms with E-state index in [9.17, 15) is 4.79 Å². The van der Waals surface area contributed by atoms with Gasteiger partial charge in [-0.15, -0.1) is 12.4 Å². The van der Waals surface area contributed by atoms with Crippen molar-refractivity contribution in [3.8, 4) is 6.07 Å². The topological polar surface area (TPSA) is 76.1 Å². The van der Waals surface area contributed by atoms with E-state index in [4.69, 9.17) is 15.7 Å². The van der Waals surface area contributed by atoms with Gasteiger partial charge in [-0.25, -0.2) is 0 Å². The van der Waals surface area contributed by atoms with E-state index in [1.807, 2.05) is 6.92 Å². The third-order valence-electron chi connectivity index (χ3n) is 1.26. The number of nitriles is 1. The fourth-order valence-electron chi connectivity index (χ4n) is 0.495. The molecule has 5 heteroatoms. The maximum absolute atomic E-state index is 11.0. The molecule has 0 amide bonds. The zero-order valence-electron chi connectivity index (χ0n) is 9.87. The SMILES string of the molecule is CC#N.CCCCOC(=O)C(C)(C)N.Cl. The molecule has 90 valence electrons. The Morgan fingerprint density at radius 1 is 1.53 bits per heavy atom. The van der Waals surface area contributed by atoms with Crippen molar-refractivity contribution in [1.29, 1.82) is 5.26 Å². The molecule has 0 atom stereocenters. The second kappa shape index (κ2) is 11.3. The van der Waals surface area contributed by atoms with Crippen LogP contribution in [0.2, 0.25) is 0 Å². The zero-order chi connectivity index (χ0) is 11.6. The van der Waals surface area contributed by atoms with E-state index in [-0.39, 0.29) is 18.4 Å². The lowest BCUT2D eigenvalue weighted by Gasteiger charge is -2.16. The van der Waals surface area contributed by atoms with Crippen molar-refractivity contribution in [2.24, 2.45) is 5.73 Å². The molecular weight excluding hydrogens is 216 g/mol. The van der Waals surface area contributed by atoms with Gasteiger partial charge < -0.3 is 10.5 Å². The quantitative estimate of drug-likeness (QED) is 0.599. The molecule has 0 saturated carbocycles. The zero-order valence-corrected chi connectivity index (χ0v) is 10.7. The van der Waals surface area contributed by atoms with Gasteiger partial charge >= 0.3 is 5.97 Å². The number of nitrogens with two attached hydrogens (primary N) is 1. The smallest absolute Gasteiger partial charge is 0.325 e. The number of ether oxygens (including phenoxy) is 1. The van der Waals surface area contributed by atoms with Crippen LogP contribution in [0.25, 0.3) is 0 Å². The lowest BCUT2D eigenvalue weighted by molar-refractivity contribution is -0.148. The Hall–Kier alpha value is -0.790. The summed E-state index contributed by atoms with van der Waals surface area (Å²) < 4.78 is 4.88. The lowest BCUT2D eigenvalue weighted by atomic mass is 10.1. The van der Waals surface area contributed by atoms with Crippen LogP contribution in [0.4, 0.5) is 0 Å². The molecule has 0 saturated heterocycles. The normalized spacial score (nSPS) is 8.80. The lowest BCUT2D eigenvalue weighted by Crippen LogP contribution is -2.42. The predicted octanol–water partition coefficient (Wildman–Crippen LogP) is 2.02. The number of halogens is 1. The summed E-state index contributed by atoms with van der Waals surface area (Å²) in [7, 11) is 0. The minimum atomic E-state index is -0.853. The Morgan fingerprint density at radius 2 is 1.93 bits per heavy atom. The molecule has 0 rings (SSSR count). The van der Waals surface area contributed by atoms with Gasteiger partial charge in [0.1, 0.15) is 5.54 Å². The number of nitrogens with zero attached hydrogens (tertiary/aromatic N) is 1. The molecule has 2 N–H and O–H groups in total. The first kappa shape index (κ1) is 19.7. The van der Waals surface area contributed by atoms with Crippen molar-refractivity contribution in [3.63, 3.8) is 0 Å². The van der Waals surface area contributed by atoms with E-state index in [2.05, 4.69) is 0 Å². The first-order chi connectivity index (χ1) is 6.40. The summed E-state index contributed by atoms with van der Waals surface area (Å²) >= 11 is 0. The van der Waals surface area contributed by atoms with Gasteiger partial charge in [-0.2, -0.15) is 5.26 Å². The van der Waals surface area contributed by atoms with Crippen molar-refractivity contribution in [2.75, 3.05) is 6.61 Å². The van der Waals surface area contributed by atoms with Gasteiger partial charge in [-0.1, -0.05) is 13.3 Å². The van der Waals surface area contributed by atoms with Crippen LogP contribution in [0.5, 0.6) is 0 Å². The summed E-state index contributed by atoms with van der Waals surface area (Å²) in [6.45, 7) is 7.24. The van der Waals surface area contributed by atoms with Crippen molar-refractivity contribution >= 4 is 18.4 Å². The monoisotopic (exact) mass is 236 g/mol. The van der Waals surface area contributed by atoms with Gasteiger partial charge in [0.2, 0.25) is 0 Å². The van der Waals surface area contributed by atoms with Crippen LogP contribution >= 0.6 is 12.4 Å². The second-order valence-corrected chi connectivity index (χ2v) is 3.43. The van der Waals surface area contributed by atoms with Crippen LogP contribution in [-0.4, -0.2) is 18.1 Å². The fraction of sp³-hybridized carbons (Fsp3) is 0.800. The molecule has 0 aliphatic carbocycles. The van der Waals surface area contributed by atoms with E-state index in [1.165, 1.54) is 6.92 Å². The molecule has 15 heavy (non-hydrogen) atoms. The number of esters is 1. The van der Waals surface area contributed by atoms with Crippen LogP contribution < -0.4 is 5.73 Å². The Balaban J connectivity index is -0.000000320. The summed E-state index contributed by atoms with van der Waals surface area (Å²) in [6, 6.07) is 1.75. The van der Waals surface area contributed by atoms with Crippen LogP contribution in [0, 0.1) is 11.3 Å². The first-order valence-corrected chi connectivity index (χ1v) is 4.67. The molecule has 0 aromatic carbocycles. The minimum absolute atomic E-state index is 0. The Labute approximate surface area is 98.2 Å². The molecular formula is C10H21ClN2O2. The third kappa shape index (κ3) is 15.9. The third-order valence-corrected chi connectivity index (χ3v) is 1.26. The molecule has 0 fully saturated rings. The largest absolute Gasteiger partial charge is 0.464 e. The molecule has 0 aromatic rings. The van der Waals surface area contributed by atoms with E-state index in [0.29, 0.717) is 6.61 Å². The van der Waals surface area contributed by atoms with Crippen LogP contribution in [-0.2, 0) is 9.53 Å².